The Bertz CT molecular complexity index is 456. The SMILES string of the molecule is O=C(Nc1ccc(OCC(F)(F)F)nc1)C1CCCO1. The second-order valence-corrected chi connectivity index (χ2v) is 4.28. The number of aromatic nitrogens is 1. The zero-order chi connectivity index (χ0) is 14.6. The number of alkyl halides is 3. The van der Waals surface area contributed by atoms with Gasteiger partial charge in [-0.3, -0.25) is 4.79 Å². The van der Waals surface area contributed by atoms with Crippen LogP contribution in [0.2, 0.25) is 0 Å². The molecule has 0 spiro atoms. The number of anilines is 1. The smallest absolute Gasteiger partial charge is 0.422 e. The van der Waals surface area contributed by atoms with Gasteiger partial charge in [-0.2, -0.15) is 13.2 Å². The van der Waals surface area contributed by atoms with Crippen LogP contribution in [0, 0.1) is 0 Å². The fourth-order valence-corrected chi connectivity index (χ4v) is 1.70. The van der Waals surface area contributed by atoms with Crippen molar-refractivity contribution in [2.24, 2.45) is 0 Å². The molecular weight excluding hydrogens is 277 g/mol. The molecule has 0 aromatic carbocycles. The monoisotopic (exact) mass is 290 g/mol. The Morgan fingerprint density at radius 2 is 2.30 bits per heavy atom. The molecule has 2 heterocycles. The first-order chi connectivity index (χ1) is 9.44. The summed E-state index contributed by atoms with van der Waals surface area (Å²) in [5.41, 5.74) is 0.379. The number of halogens is 3. The van der Waals surface area contributed by atoms with Crippen LogP contribution in [-0.4, -0.2) is 36.4 Å². The van der Waals surface area contributed by atoms with Gasteiger partial charge in [0.2, 0.25) is 5.88 Å². The van der Waals surface area contributed by atoms with Gasteiger partial charge in [-0.05, 0) is 18.9 Å². The molecule has 1 aliphatic heterocycles. The number of hydrogen-bond acceptors (Lipinski definition) is 4. The first-order valence-electron chi connectivity index (χ1n) is 6.02. The first-order valence-corrected chi connectivity index (χ1v) is 6.02. The molecule has 8 heteroatoms. The number of amides is 1. The third-order valence-corrected chi connectivity index (χ3v) is 2.61. The van der Waals surface area contributed by atoms with Crippen molar-refractivity contribution in [1.29, 1.82) is 0 Å². The van der Waals surface area contributed by atoms with Gasteiger partial charge in [0, 0.05) is 12.7 Å². The van der Waals surface area contributed by atoms with Gasteiger partial charge in [0.25, 0.3) is 5.91 Å². The zero-order valence-electron chi connectivity index (χ0n) is 10.4. The van der Waals surface area contributed by atoms with Crippen molar-refractivity contribution in [3.05, 3.63) is 18.3 Å². The quantitative estimate of drug-likeness (QED) is 0.923. The van der Waals surface area contributed by atoms with Crippen LogP contribution in [0.5, 0.6) is 5.88 Å². The van der Waals surface area contributed by atoms with Gasteiger partial charge >= 0.3 is 6.18 Å². The normalized spacial score (nSPS) is 18.9. The predicted octanol–water partition coefficient (Wildman–Crippen LogP) is 2.14. The number of rotatable bonds is 4. The van der Waals surface area contributed by atoms with Crippen LogP contribution in [0.15, 0.2) is 18.3 Å². The molecule has 0 bridgehead atoms. The Hall–Kier alpha value is -1.83. The van der Waals surface area contributed by atoms with Crippen LogP contribution in [0.4, 0.5) is 18.9 Å². The number of carbonyl (C=O) groups excluding carboxylic acids is 1. The Kier molecular flexibility index (Phi) is 4.43. The van der Waals surface area contributed by atoms with Crippen molar-refractivity contribution < 1.29 is 27.4 Å². The molecule has 1 aromatic heterocycles. The van der Waals surface area contributed by atoms with E-state index in [0.717, 1.165) is 6.42 Å². The lowest BCUT2D eigenvalue weighted by atomic mass is 10.2. The highest BCUT2D eigenvalue weighted by molar-refractivity contribution is 5.94. The third kappa shape index (κ3) is 4.37. The largest absolute Gasteiger partial charge is 0.468 e. The van der Waals surface area contributed by atoms with Gasteiger partial charge < -0.3 is 14.8 Å². The molecule has 1 saturated heterocycles. The average molecular weight is 290 g/mol. The maximum absolute atomic E-state index is 11.9. The molecule has 2 rings (SSSR count). The highest BCUT2D eigenvalue weighted by Gasteiger charge is 2.28. The van der Waals surface area contributed by atoms with Crippen LogP contribution in [0.25, 0.3) is 0 Å². The van der Waals surface area contributed by atoms with E-state index in [4.69, 9.17) is 4.74 Å². The summed E-state index contributed by atoms with van der Waals surface area (Å²) < 4.78 is 45.5. The number of nitrogens with zero attached hydrogens (tertiary/aromatic N) is 1. The molecule has 0 aliphatic carbocycles. The van der Waals surface area contributed by atoms with E-state index in [9.17, 15) is 18.0 Å². The molecule has 0 saturated carbocycles. The fraction of sp³-hybridized carbons (Fsp3) is 0.500. The van der Waals surface area contributed by atoms with Crippen LogP contribution < -0.4 is 10.1 Å². The second-order valence-electron chi connectivity index (χ2n) is 4.28. The van der Waals surface area contributed by atoms with E-state index in [1.54, 1.807) is 0 Å². The van der Waals surface area contributed by atoms with E-state index in [2.05, 4.69) is 15.0 Å². The van der Waals surface area contributed by atoms with Gasteiger partial charge in [0.05, 0.1) is 11.9 Å². The molecule has 1 aliphatic rings. The van der Waals surface area contributed by atoms with Gasteiger partial charge in [-0.15, -0.1) is 0 Å². The molecule has 20 heavy (non-hydrogen) atoms. The minimum Gasteiger partial charge on any atom is -0.468 e. The Morgan fingerprint density at radius 3 is 2.85 bits per heavy atom. The molecule has 5 nitrogen and oxygen atoms in total. The maximum atomic E-state index is 11.9. The number of hydrogen-bond donors (Lipinski definition) is 1. The molecular formula is C12H13F3N2O3. The molecule has 1 amide bonds. The zero-order valence-corrected chi connectivity index (χ0v) is 10.4. The lowest BCUT2D eigenvalue weighted by Gasteiger charge is -2.11. The van der Waals surface area contributed by atoms with E-state index in [0.29, 0.717) is 18.7 Å². The molecule has 110 valence electrons. The van der Waals surface area contributed by atoms with Crippen LogP contribution in [0.3, 0.4) is 0 Å². The summed E-state index contributed by atoms with van der Waals surface area (Å²) in [6, 6.07) is 2.68. The van der Waals surface area contributed by atoms with Crippen LogP contribution in [-0.2, 0) is 9.53 Å². The van der Waals surface area contributed by atoms with Gasteiger partial charge in [0.15, 0.2) is 6.61 Å². The molecule has 1 aromatic rings. The minimum atomic E-state index is -4.41. The average Bonchev–Trinajstić information content (AvgIpc) is 2.91. The molecule has 1 fully saturated rings. The van der Waals surface area contributed by atoms with E-state index in [-0.39, 0.29) is 11.8 Å². The summed E-state index contributed by atoms with van der Waals surface area (Å²) in [5.74, 6) is -0.439. The maximum Gasteiger partial charge on any atom is 0.422 e. The summed E-state index contributed by atoms with van der Waals surface area (Å²) in [4.78, 5) is 15.4. The lowest BCUT2D eigenvalue weighted by molar-refractivity contribution is -0.154. The summed E-state index contributed by atoms with van der Waals surface area (Å²) in [5, 5.41) is 2.58. The summed E-state index contributed by atoms with van der Waals surface area (Å²) in [6.07, 6.45) is -2.16. The van der Waals surface area contributed by atoms with E-state index < -0.39 is 18.9 Å². The standard InChI is InChI=1S/C12H13F3N2O3/c13-12(14,15)7-20-10-4-3-8(6-16-10)17-11(18)9-2-1-5-19-9/h3-4,6,9H,1-2,5,7H2,(H,17,18). The van der Waals surface area contributed by atoms with Crippen molar-refractivity contribution >= 4 is 11.6 Å². The molecule has 1 N–H and O–H groups in total. The van der Waals surface area contributed by atoms with Crippen molar-refractivity contribution in [3.8, 4) is 5.88 Å². The van der Waals surface area contributed by atoms with E-state index >= 15 is 0 Å². The topological polar surface area (TPSA) is 60.5 Å². The lowest BCUT2D eigenvalue weighted by Crippen LogP contribution is -2.26. The molecule has 1 unspecified atom stereocenters. The summed E-state index contributed by atoms with van der Waals surface area (Å²) in [7, 11) is 0. The van der Waals surface area contributed by atoms with Crippen LogP contribution >= 0.6 is 0 Å². The highest BCUT2D eigenvalue weighted by atomic mass is 19.4. The first kappa shape index (κ1) is 14.6. The number of carbonyl (C=O) groups is 1. The molecule has 0 radical (unpaired) electrons. The summed E-state index contributed by atoms with van der Waals surface area (Å²) in [6.45, 7) is -0.845. The number of pyridine rings is 1. The van der Waals surface area contributed by atoms with Gasteiger partial charge in [-0.1, -0.05) is 0 Å². The highest BCUT2D eigenvalue weighted by Crippen LogP contribution is 2.19. The number of nitrogens with one attached hydrogen (secondary N) is 1. The number of ether oxygens (including phenoxy) is 2. The van der Waals surface area contributed by atoms with Gasteiger partial charge in [-0.25, -0.2) is 4.98 Å². The van der Waals surface area contributed by atoms with Crippen molar-refractivity contribution in [2.75, 3.05) is 18.5 Å². The second kappa shape index (κ2) is 6.08. The van der Waals surface area contributed by atoms with E-state index in [1.807, 2.05) is 0 Å². The van der Waals surface area contributed by atoms with Crippen molar-refractivity contribution in [3.63, 3.8) is 0 Å². The van der Waals surface area contributed by atoms with Crippen LogP contribution in [0.1, 0.15) is 12.8 Å². The predicted molar refractivity (Wildman–Crippen MR) is 63.4 cm³/mol. The molecule has 1 atom stereocenters. The van der Waals surface area contributed by atoms with E-state index in [1.165, 1.54) is 18.3 Å². The minimum absolute atomic E-state index is 0.155. The fourth-order valence-electron chi connectivity index (χ4n) is 1.70. The Labute approximate surface area is 113 Å². The van der Waals surface area contributed by atoms with Crippen molar-refractivity contribution in [1.82, 2.24) is 4.98 Å². The Balaban J connectivity index is 1.86. The Morgan fingerprint density at radius 1 is 1.50 bits per heavy atom. The third-order valence-electron chi connectivity index (χ3n) is 2.61. The van der Waals surface area contributed by atoms with Gasteiger partial charge in [0.1, 0.15) is 6.10 Å². The van der Waals surface area contributed by atoms with Crippen molar-refractivity contribution in [2.45, 2.75) is 25.1 Å². The summed E-state index contributed by atoms with van der Waals surface area (Å²) >= 11 is 0.